The molecule has 1 aromatic heterocycles. The zero-order valence-corrected chi connectivity index (χ0v) is 15.5. The molecule has 1 aromatic carbocycles. The van der Waals surface area contributed by atoms with Crippen LogP contribution in [0.2, 0.25) is 0 Å². The standard InChI is InChI=1S/C20H23N3O2S/c24-19(18-13-14-5-4-8-17(14)26-18)21-16-9-11-23(12-10-16)20(25)22-15-6-2-1-3-7-15/h1-3,6-7,13,16H,4-5,8-12H2,(H,21,24)(H,22,25). The summed E-state index contributed by atoms with van der Waals surface area (Å²) in [5.74, 6) is 0.0385. The Morgan fingerprint density at radius 1 is 1.08 bits per heavy atom. The van der Waals surface area contributed by atoms with Gasteiger partial charge in [-0.25, -0.2) is 4.79 Å². The number of carbonyl (C=O) groups excluding carboxylic acids is 2. The second kappa shape index (κ2) is 7.50. The van der Waals surface area contributed by atoms with Crippen LogP contribution in [0.3, 0.4) is 0 Å². The summed E-state index contributed by atoms with van der Waals surface area (Å²) in [6, 6.07) is 11.6. The van der Waals surface area contributed by atoms with Gasteiger partial charge in [0.2, 0.25) is 0 Å². The van der Waals surface area contributed by atoms with E-state index in [9.17, 15) is 9.59 Å². The monoisotopic (exact) mass is 369 g/mol. The van der Waals surface area contributed by atoms with Crippen LogP contribution in [0.15, 0.2) is 36.4 Å². The van der Waals surface area contributed by atoms with E-state index in [1.807, 2.05) is 35.2 Å². The molecule has 0 unspecified atom stereocenters. The highest BCUT2D eigenvalue weighted by Crippen LogP contribution is 2.30. The van der Waals surface area contributed by atoms with Crippen LogP contribution in [0.1, 0.15) is 39.4 Å². The minimum absolute atomic E-state index is 0.0385. The Bertz CT molecular complexity index is 773. The van der Waals surface area contributed by atoms with E-state index >= 15 is 0 Å². The Kier molecular flexibility index (Phi) is 4.93. The predicted octanol–water partition coefficient (Wildman–Crippen LogP) is 3.66. The maximum absolute atomic E-state index is 12.5. The number of anilines is 1. The first-order valence-electron chi connectivity index (χ1n) is 9.22. The van der Waals surface area contributed by atoms with Gasteiger partial charge in [-0.1, -0.05) is 18.2 Å². The van der Waals surface area contributed by atoms with Crippen molar-refractivity contribution in [3.63, 3.8) is 0 Å². The smallest absolute Gasteiger partial charge is 0.321 e. The fourth-order valence-electron chi connectivity index (χ4n) is 3.65. The minimum atomic E-state index is -0.0735. The highest BCUT2D eigenvalue weighted by atomic mass is 32.1. The average molecular weight is 369 g/mol. The number of aryl methyl sites for hydroxylation is 2. The van der Waals surface area contributed by atoms with Crippen LogP contribution in [0.5, 0.6) is 0 Å². The minimum Gasteiger partial charge on any atom is -0.348 e. The van der Waals surface area contributed by atoms with Crippen LogP contribution in [0.25, 0.3) is 0 Å². The van der Waals surface area contributed by atoms with E-state index in [1.54, 1.807) is 11.3 Å². The summed E-state index contributed by atoms with van der Waals surface area (Å²) in [4.78, 5) is 28.8. The van der Waals surface area contributed by atoms with Gasteiger partial charge >= 0.3 is 6.03 Å². The average Bonchev–Trinajstić information content (AvgIpc) is 3.25. The molecule has 1 fully saturated rings. The molecule has 0 spiro atoms. The first-order valence-corrected chi connectivity index (χ1v) is 10.0. The molecule has 2 aliphatic rings. The number of hydrogen-bond donors (Lipinski definition) is 2. The number of benzene rings is 1. The number of piperidine rings is 1. The number of fused-ring (bicyclic) bond motifs is 1. The van der Waals surface area contributed by atoms with Crippen molar-refractivity contribution in [1.82, 2.24) is 10.2 Å². The highest BCUT2D eigenvalue weighted by Gasteiger charge is 2.25. The van der Waals surface area contributed by atoms with Gasteiger partial charge in [-0.05, 0) is 55.9 Å². The fourth-order valence-corrected chi connectivity index (χ4v) is 4.81. The molecule has 2 aromatic rings. The lowest BCUT2D eigenvalue weighted by molar-refractivity contribution is 0.0923. The largest absolute Gasteiger partial charge is 0.348 e. The zero-order chi connectivity index (χ0) is 17.9. The Morgan fingerprint density at radius 3 is 2.58 bits per heavy atom. The highest BCUT2D eigenvalue weighted by molar-refractivity contribution is 7.14. The molecular weight excluding hydrogens is 346 g/mol. The molecule has 26 heavy (non-hydrogen) atoms. The van der Waals surface area contributed by atoms with Gasteiger partial charge in [-0.3, -0.25) is 4.79 Å². The van der Waals surface area contributed by atoms with Gasteiger partial charge in [-0.2, -0.15) is 0 Å². The lowest BCUT2D eigenvalue weighted by Crippen LogP contribution is -2.47. The number of carbonyl (C=O) groups is 2. The van der Waals surface area contributed by atoms with Crippen molar-refractivity contribution in [2.75, 3.05) is 18.4 Å². The summed E-state index contributed by atoms with van der Waals surface area (Å²) in [5, 5.41) is 6.06. The van der Waals surface area contributed by atoms with Gasteiger partial charge < -0.3 is 15.5 Å². The third-order valence-electron chi connectivity index (χ3n) is 5.11. The maximum atomic E-state index is 12.5. The number of likely N-dealkylation sites (tertiary alicyclic amines) is 1. The van der Waals surface area contributed by atoms with Gasteiger partial charge in [0, 0.05) is 29.7 Å². The van der Waals surface area contributed by atoms with E-state index < -0.39 is 0 Å². The van der Waals surface area contributed by atoms with Crippen LogP contribution in [0.4, 0.5) is 10.5 Å². The number of thiophene rings is 1. The first kappa shape index (κ1) is 17.1. The van der Waals surface area contributed by atoms with Crippen molar-refractivity contribution in [3.05, 3.63) is 51.7 Å². The first-order chi connectivity index (χ1) is 12.7. The Labute approximate surface area is 157 Å². The molecule has 5 nitrogen and oxygen atoms in total. The molecule has 6 heteroatoms. The number of rotatable bonds is 3. The van der Waals surface area contributed by atoms with Crippen LogP contribution >= 0.6 is 11.3 Å². The van der Waals surface area contributed by atoms with Crippen molar-refractivity contribution >= 4 is 29.0 Å². The van der Waals surface area contributed by atoms with E-state index in [0.29, 0.717) is 13.1 Å². The Morgan fingerprint density at radius 2 is 1.85 bits per heavy atom. The molecule has 136 valence electrons. The summed E-state index contributed by atoms with van der Waals surface area (Å²) >= 11 is 1.64. The van der Waals surface area contributed by atoms with Crippen molar-refractivity contribution in [2.24, 2.45) is 0 Å². The summed E-state index contributed by atoms with van der Waals surface area (Å²) in [5.41, 5.74) is 2.16. The molecule has 1 aliphatic carbocycles. The molecular formula is C20H23N3O2S. The van der Waals surface area contributed by atoms with E-state index in [2.05, 4.69) is 16.7 Å². The molecule has 0 atom stereocenters. The Hall–Kier alpha value is -2.34. The van der Waals surface area contributed by atoms with Crippen molar-refractivity contribution in [1.29, 1.82) is 0 Å². The lowest BCUT2D eigenvalue weighted by atomic mass is 10.1. The number of hydrogen-bond acceptors (Lipinski definition) is 3. The summed E-state index contributed by atoms with van der Waals surface area (Å²) in [7, 11) is 0. The molecule has 4 rings (SSSR count). The molecule has 2 N–H and O–H groups in total. The third-order valence-corrected chi connectivity index (χ3v) is 6.35. The van der Waals surface area contributed by atoms with E-state index in [4.69, 9.17) is 0 Å². The molecule has 2 heterocycles. The van der Waals surface area contributed by atoms with Gasteiger partial charge in [0.1, 0.15) is 0 Å². The van der Waals surface area contributed by atoms with Gasteiger partial charge in [0.15, 0.2) is 0 Å². The predicted molar refractivity (Wildman–Crippen MR) is 104 cm³/mol. The number of nitrogens with one attached hydrogen (secondary N) is 2. The van der Waals surface area contributed by atoms with E-state index in [-0.39, 0.29) is 18.0 Å². The normalized spacial score (nSPS) is 17.0. The van der Waals surface area contributed by atoms with Gasteiger partial charge in [-0.15, -0.1) is 11.3 Å². The summed E-state index contributed by atoms with van der Waals surface area (Å²) in [6.07, 6.45) is 5.01. The van der Waals surface area contributed by atoms with Crippen LogP contribution in [-0.2, 0) is 12.8 Å². The second-order valence-corrected chi connectivity index (χ2v) is 8.08. The SMILES string of the molecule is O=C(NC1CCN(C(=O)Nc2ccccc2)CC1)c1cc2c(s1)CCC2. The van der Waals surface area contributed by atoms with Crippen molar-refractivity contribution in [3.8, 4) is 0 Å². The lowest BCUT2D eigenvalue weighted by Gasteiger charge is -2.32. The maximum Gasteiger partial charge on any atom is 0.321 e. The van der Waals surface area contributed by atoms with E-state index in [0.717, 1.165) is 36.2 Å². The van der Waals surface area contributed by atoms with Crippen LogP contribution < -0.4 is 10.6 Å². The fraction of sp³-hybridized carbons (Fsp3) is 0.400. The molecule has 1 aliphatic heterocycles. The van der Waals surface area contributed by atoms with E-state index in [1.165, 1.54) is 16.9 Å². The Balaban J connectivity index is 1.26. The molecule has 3 amide bonds. The van der Waals surface area contributed by atoms with Crippen molar-refractivity contribution < 1.29 is 9.59 Å². The molecule has 1 saturated heterocycles. The van der Waals surface area contributed by atoms with Crippen LogP contribution in [0, 0.1) is 0 Å². The number of para-hydroxylation sites is 1. The number of nitrogens with zero attached hydrogens (tertiary/aromatic N) is 1. The topological polar surface area (TPSA) is 61.4 Å². The molecule has 0 radical (unpaired) electrons. The number of urea groups is 1. The van der Waals surface area contributed by atoms with Gasteiger partial charge in [0.25, 0.3) is 5.91 Å². The van der Waals surface area contributed by atoms with Crippen molar-refractivity contribution in [2.45, 2.75) is 38.1 Å². The number of amides is 3. The third kappa shape index (κ3) is 3.75. The van der Waals surface area contributed by atoms with Gasteiger partial charge in [0.05, 0.1) is 4.88 Å². The zero-order valence-electron chi connectivity index (χ0n) is 14.7. The summed E-state index contributed by atoms with van der Waals surface area (Å²) in [6.45, 7) is 1.31. The van der Waals surface area contributed by atoms with Crippen LogP contribution in [-0.4, -0.2) is 36.0 Å². The molecule has 0 saturated carbocycles. The molecule has 0 bridgehead atoms. The quantitative estimate of drug-likeness (QED) is 0.867. The second-order valence-electron chi connectivity index (χ2n) is 6.94. The summed E-state index contributed by atoms with van der Waals surface area (Å²) < 4.78 is 0.